The predicted octanol–water partition coefficient (Wildman–Crippen LogP) is 6.25. The van der Waals surface area contributed by atoms with E-state index in [9.17, 15) is 22.4 Å². The van der Waals surface area contributed by atoms with E-state index >= 15 is 0 Å². The molecule has 0 spiro atoms. The molecule has 1 amide bonds. The fourth-order valence-corrected chi connectivity index (χ4v) is 4.00. The second-order valence-electron chi connectivity index (χ2n) is 7.30. The quantitative estimate of drug-likeness (QED) is 0.413. The maximum absolute atomic E-state index is 13.9. The van der Waals surface area contributed by atoms with Crippen molar-refractivity contribution in [2.75, 3.05) is 17.7 Å². The fourth-order valence-electron chi connectivity index (χ4n) is 3.55. The molecule has 0 radical (unpaired) electrons. The predicted molar refractivity (Wildman–Crippen MR) is 116 cm³/mol. The van der Waals surface area contributed by atoms with Crippen LogP contribution in [0.25, 0.3) is 0 Å². The summed E-state index contributed by atoms with van der Waals surface area (Å²) in [6.45, 7) is 0. The van der Waals surface area contributed by atoms with Crippen LogP contribution in [0.3, 0.4) is 0 Å². The van der Waals surface area contributed by atoms with Gasteiger partial charge in [-0.25, -0.2) is 9.07 Å². The molecule has 2 atom stereocenters. The Kier molecular flexibility index (Phi) is 6.15. The van der Waals surface area contributed by atoms with Crippen molar-refractivity contribution >= 4 is 40.6 Å². The van der Waals surface area contributed by atoms with Crippen molar-refractivity contribution in [3.05, 3.63) is 69.6 Å². The van der Waals surface area contributed by atoms with Gasteiger partial charge in [-0.1, -0.05) is 35.3 Å². The molecule has 0 aliphatic carbocycles. The molecule has 2 heterocycles. The number of methoxy groups -OCH3 is 1. The van der Waals surface area contributed by atoms with Gasteiger partial charge in [0.2, 0.25) is 0 Å². The Morgan fingerprint density at radius 1 is 1.21 bits per heavy atom. The summed E-state index contributed by atoms with van der Waals surface area (Å²) in [5.41, 5.74) is 0.301. The van der Waals surface area contributed by atoms with E-state index in [1.54, 1.807) is 24.3 Å². The Labute approximate surface area is 195 Å². The highest BCUT2D eigenvalue weighted by Crippen LogP contribution is 2.46. The molecule has 0 bridgehead atoms. The van der Waals surface area contributed by atoms with Crippen LogP contribution in [0.2, 0.25) is 10.0 Å². The van der Waals surface area contributed by atoms with E-state index in [1.165, 1.54) is 13.2 Å². The Balaban J connectivity index is 1.68. The van der Waals surface area contributed by atoms with Crippen molar-refractivity contribution < 1.29 is 27.1 Å². The molecule has 1 aromatic heterocycles. The normalized spacial score (nSPS) is 17.8. The second-order valence-corrected chi connectivity index (χ2v) is 8.09. The summed E-state index contributed by atoms with van der Waals surface area (Å²) in [7, 11) is 1.48. The van der Waals surface area contributed by atoms with Gasteiger partial charge in [0.25, 0.3) is 5.91 Å². The van der Waals surface area contributed by atoms with Crippen molar-refractivity contribution in [2.45, 2.75) is 24.7 Å². The number of fused-ring (bicyclic) bond motifs is 1. The van der Waals surface area contributed by atoms with Gasteiger partial charge in [0.15, 0.2) is 11.7 Å². The van der Waals surface area contributed by atoms with Crippen LogP contribution < -0.4 is 15.4 Å². The highest BCUT2D eigenvalue weighted by atomic mass is 35.5. The van der Waals surface area contributed by atoms with Crippen molar-refractivity contribution in [2.24, 2.45) is 0 Å². The molecule has 0 saturated heterocycles. The van der Waals surface area contributed by atoms with Crippen molar-refractivity contribution in [3.8, 4) is 5.75 Å². The number of benzene rings is 2. The van der Waals surface area contributed by atoms with Gasteiger partial charge in [0.1, 0.15) is 22.4 Å². The topological polar surface area (TPSA) is 68.2 Å². The number of aromatic nitrogens is 2. The number of carbonyl (C=O) groups is 1. The minimum atomic E-state index is -4.64. The summed E-state index contributed by atoms with van der Waals surface area (Å²) in [6.07, 6.45) is -5.01. The average Bonchev–Trinajstić information content (AvgIpc) is 3.11. The molecule has 174 valence electrons. The molecule has 3 aromatic rings. The van der Waals surface area contributed by atoms with Gasteiger partial charge in [0.05, 0.1) is 18.2 Å². The number of rotatable bonds is 4. The minimum Gasteiger partial charge on any atom is -0.497 e. The molecule has 0 saturated carbocycles. The maximum Gasteiger partial charge on any atom is 0.410 e. The number of carbonyl (C=O) groups excluding carboxylic acids is 1. The third-order valence-electron chi connectivity index (χ3n) is 5.21. The van der Waals surface area contributed by atoms with Gasteiger partial charge in [-0.3, -0.25) is 4.79 Å². The van der Waals surface area contributed by atoms with E-state index in [4.69, 9.17) is 27.9 Å². The highest BCUT2D eigenvalue weighted by Gasteiger charge is 2.47. The van der Waals surface area contributed by atoms with E-state index in [2.05, 4.69) is 15.7 Å². The number of anilines is 2. The lowest BCUT2D eigenvalue weighted by atomic mass is 9.97. The molecular formula is C21H16Cl2F4N4O2. The van der Waals surface area contributed by atoms with E-state index in [-0.39, 0.29) is 28.0 Å². The van der Waals surface area contributed by atoms with Crippen LogP contribution in [0.4, 0.5) is 29.1 Å². The van der Waals surface area contributed by atoms with Gasteiger partial charge in [0, 0.05) is 12.1 Å². The first-order valence-electron chi connectivity index (χ1n) is 9.60. The number of hydrogen-bond acceptors (Lipinski definition) is 4. The number of amides is 1. The smallest absolute Gasteiger partial charge is 0.410 e. The molecule has 0 unspecified atom stereocenters. The minimum absolute atomic E-state index is 0.130. The van der Waals surface area contributed by atoms with E-state index < -0.39 is 35.7 Å². The lowest BCUT2D eigenvalue weighted by molar-refractivity contribution is -0.173. The molecule has 1 aliphatic heterocycles. The van der Waals surface area contributed by atoms with E-state index in [1.807, 2.05) is 0 Å². The summed E-state index contributed by atoms with van der Waals surface area (Å²) in [5, 5.41) is 8.72. The number of nitrogens with one attached hydrogen (secondary N) is 2. The van der Waals surface area contributed by atoms with Crippen LogP contribution in [0, 0.1) is 5.82 Å². The summed E-state index contributed by atoms with van der Waals surface area (Å²) < 4.78 is 60.8. The fraction of sp³-hybridized carbons (Fsp3) is 0.238. The molecule has 1 aliphatic rings. The zero-order valence-electron chi connectivity index (χ0n) is 16.9. The number of ether oxygens (including phenoxy) is 1. The Bertz CT molecular complexity index is 1200. The largest absolute Gasteiger partial charge is 0.497 e. The van der Waals surface area contributed by atoms with Crippen LogP contribution in [0.15, 0.2) is 42.5 Å². The van der Waals surface area contributed by atoms with Gasteiger partial charge < -0.3 is 15.4 Å². The first kappa shape index (κ1) is 23.2. The van der Waals surface area contributed by atoms with Crippen LogP contribution in [-0.4, -0.2) is 29.0 Å². The molecule has 2 aromatic carbocycles. The number of alkyl halides is 3. The van der Waals surface area contributed by atoms with Crippen molar-refractivity contribution in [1.29, 1.82) is 0 Å². The van der Waals surface area contributed by atoms with E-state index in [0.717, 1.165) is 12.1 Å². The standard InChI is InChI=1S/C21H16Cl2F4N4O2/c1-33-12-5-2-10(3-6-12)15-9-16(21(25,26)27)31-19(29-15)17(23)18(30-31)20(32)28-11-4-7-14(24)13(22)8-11/h2-8,15-16,29H,9H2,1H3,(H,28,32)/t15-,16-/m0/s1. The summed E-state index contributed by atoms with van der Waals surface area (Å²) >= 11 is 12.0. The third kappa shape index (κ3) is 4.58. The lowest BCUT2D eigenvalue weighted by Gasteiger charge is -2.33. The monoisotopic (exact) mass is 502 g/mol. The van der Waals surface area contributed by atoms with Crippen LogP contribution in [-0.2, 0) is 0 Å². The maximum atomic E-state index is 13.9. The molecule has 0 fully saturated rings. The molecule has 33 heavy (non-hydrogen) atoms. The van der Waals surface area contributed by atoms with E-state index in [0.29, 0.717) is 16.0 Å². The Hall–Kier alpha value is -2.98. The number of nitrogens with zero attached hydrogens (tertiary/aromatic N) is 2. The third-order valence-corrected chi connectivity index (χ3v) is 5.85. The van der Waals surface area contributed by atoms with Crippen LogP contribution in [0.1, 0.15) is 34.6 Å². The van der Waals surface area contributed by atoms with Crippen molar-refractivity contribution in [3.63, 3.8) is 0 Å². The zero-order valence-corrected chi connectivity index (χ0v) is 18.4. The molecule has 12 heteroatoms. The molecule has 2 N–H and O–H groups in total. The second kappa shape index (κ2) is 8.75. The number of halogens is 6. The molecule has 4 rings (SSSR count). The van der Waals surface area contributed by atoms with Gasteiger partial charge in [-0.15, -0.1) is 0 Å². The number of hydrogen-bond donors (Lipinski definition) is 2. The van der Waals surface area contributed by atoms with Gasteiger partial charge in [-0.2, -0.15) is 18.3 Å². The summed E-state index contributed by atoms with van der Waals surface area (Å²) in [4.78, 5) is 12.7. The van der Waals surface area contributed by atoms with Crippen molar-refractivity contribution in [1.82, 2.24) is 9.78 Å². The first-order valence-corrected chi connectivity index (χ1v) is 10.4. The van der Waals surface area contributed by atoms with Gasteiger partial charge >= 0.3 is 6.18 Å². The summed E-state index contributed by atoms with van der Waals surface area (Å²) in [5.74, 6) is -1.13. The van der Waals surface area contributed by atoms with Gasteiger partial charge in [-0.05, 0) is 35.9 Å². The SMILES string of the molecule is COc1ccc([C@@H]2C[C@@H](C(F)(F)F)n3nc(C(=O)Nc4ccc(F)c(Cl)c4)c(Cl)c3N2)cc1. The van der Waals surface area contributed by atoms with Crippen LogP contribution in [0.5, 0.6) is 5.75 Å². The average molecular weight is 503 g/mol. The first-order chi connectivity index (χ1) is 15.6. The molecule has 6 nitrogen and oxygen atoms in total. The Morgan fingerprint density at radius 2 is 1.91 bits per heavy atom. The van der Waals surface area contributed by atoms with Crippen LogP contribution >= 0.6 is 23.2 Å². The summed E-state index contributed by atoms with van der Waals surface area (Å²) in [6, 6.07) is 7.27. The zero-order chi connectivity index (χ0) is 23.9. The Morgan fingerprint density at radius 3 is 2.52 bits per heavy atom. The molecular weight excluding hydrogens is 487 g/mol. The lowest BCUT2D eigenvalue weighted by Crippen LogP contribution is -2.35. The highest BCUT2D eigenvalue weighted by molar-refractivity contribution is 6.36.